The summed E-state index contributed by atoms with van der Waals surface area (Å²) in [5, 5.41) is 3.77. The molecule has 5 rings (SSSR count). The van der Waals surface area contributed by atoms with Crippen molar-refractivity contribution in [1.29, 1.82) is 0 Å². The van der Waals surface area contributed by atoms with Gasteiger partial charge in [0.1, 0.15) is 11.9 Å². The molecule has 200 valence electrons. The van der Waals surface area contributed by atoms with Crippen molar-refractivity contribution in [2.45, 2.75) is 64.4 Å². The van der Waals surface area contributed by atoms with E-state index in [-0.39, 0.29) is 17.9 Å². The van der Waals surface area contributed by atoms with Crippen molar-refractivity contribution < 1.29 is 9.53 Å². The first kappa shape index (κ1) is 26.8. The molecule has 1 aliphatic heterocycles. The third-order valence-electron chi connectivity index (χ3n) is 8.03. The molecule has 0 aromatic heterocycles. The molecule has 1 N–H and O–H groups in total. The van der Waals surface area contributed by atoms with Gasteiger partial charge in [0.25, 0.3) is 0 Å². The Morgan fingerprint density at radius 3 is 2.53 bits per heavy atom. The monoisotopic (exact) mass is 530 g/mol. The van der Waals surface area contributed by atoms with Crippen LogP contribution in [-0.4, -0.2) is 30.4 Å². The van der Waals surface area contributed by atoms with Gasteiger partial charge in [-0.3, -0.25) is 4.79 Å². The van der Waals surface area contributed by atoms with Crippen molar-refractivity contribution in [2.24, 2.45) is 5.92 Å². The number of nitrogens with zero attached hydrogens (tertiary/aromatic N) is 1. The first-order valence-electron chi connectivity index (χ1n) is 14.1. The Balaban J connectivity index is 1.20. The maximum absolute atomic E-state index is 12.1. The van der Waals surface area contributed by atoms with Crippen LogP contribution >= 0.6 is 11.6 Å². The molecule has 0 spiro atoms. The summed E-state index contributed by atoms with van der Waals surface area (Å²) in [7, 11) is 0. The number of hydrogen-bond donors (Lipinski definition) is 1. The summed E-state index contributed by atoms with van der Waals surface area (Å²) in [6, 6.07) is 23.1. The van der Waals surface area contributed by atoms with Gasteiger partial charge in [-0.05, 0) is 110 Å². The molecule has 4 nitrogen and oxygen atoms in total. The maximum atomic E-state index is 12.1. The van der Waals surface area contributed by atoms with E-state index in [4.69, 9.17) is 16.3 Å². The predicted octanol–water partition coefficient (Wildman–Crippen LogP) is 7.81. The summed E-state index contributed by atoms with van der Waals surface area (Å²) in [4.78, 5) is 14.7. The van der Waals surface area contributed by atoms with Crippen LogP contribution in [0.4, 0.5) is 5.69 Å². The first-order valence-corrected chi connectivity index (χ1v) is 14.5. The van der Waals surface area contributed by atoms with E-state index < -0.39 is 0 Å². The lowest BCUT2D eigenvalue weighted by atomic mass is 9.89. The number of carbonyl (C=O) groups is 1. The number of anilines is 1. The van der Waals surface area contributed by atoms with Gasteiger partial charge >= 0.3 is 0 Å². The molecule has 0 saturated carbocycles. The molecule has 1 aliphatic carbocycles. The van der Waals surface area contributed by atoms with Crippen molar-refractivity contribution in [3.8, 4) is 5.75 Å². The van der Waals surface area contributed by atoms with Crippen molar-refractivity contribution in [3.63, 3.8) is 0 Å². The summed E-state index contributed by atoms with van der Waals surface area (Å²) in [5.74, 6) is 1.44. The van der Waals surface area contributed by atoms with Gasteiger partial charge in [-0.2, -0.15) is 0 Å². The van der Waals surface area contributed by atoms with Crippen LogP contribution < -0.4 is 10.1 Å². The fraction of sp³-hybridized carbons (Fsp3) is 0.424. The highest BCUT2D eigenvalue weighted by Crippen LogP contribution is 2.33. The van der Waals surface area contributed by atoms with Crippen LogP contribution in [0.2, 0.25) is 5.02 Å². The van der Waals surface area contributed by atoms with E-state index in [1.54, 1.807) is 0 Å². The number of ether oxygens (including phenoxy) is 1. The molecule has 1 unspecified atom stereocenters. The van der Waals surface area contributed by atoms with Crippen LogP contribution in [0.1, 0.15) is 73.8 Å². The van der Waals surface area contributed by atoms with Crippen LogP contribution in [0.3, 0.4) is 0 Å². The lowest BCUT2D eigenvalue weighted by Crippen LogP contribution is -2.34. The van der Waals surface area contributed by atoms with Crippen molar-refractivity contribution in [3.05, 3.63) is 94.0 Å². The third kappa shape index (κ3) is 6.78. The van der Waals surface area contributed by atoms with E-state index in [0.717, 1.165) is 55.4 Å². The largest absolute Gasteiger partial charge is 0.486 e. The van der Waals surface area contributed by atoms with Crippen LogP contribution in [0.5, 0.6) is 5.75 Å². The van der Waals surface area contributed by atoms with E-state index in [1.165, 1.54) is 41.5 Å². The average molecular weight is 531 g/mol. The number of likely N-dealkylation sites (tertiary alicyclic amines) is 1. The number of nitrogens with one attached hydrogen (secondary N) is 1. The van der Waals surface area contributed by atoms with Gasteiger partial charge in [-0.15, -0.1) is 0 Å². The second-order valence-electron chi connectivity index (χ2n) is 11.1. The number of amides is 1. The second-order valence-corrected chi connectivity index (χ2v) is 11.6. The summed E-state index contributed by atoms with van der Waals surface area (Å²) in [6.07, 6.45) is 6.84. The predicted molar refractivity (Wildman–Crippen MR) is 156 cm³/mol. The molecular formula is C33H39ClN2O2. The molecule has 0 bridgehead atoms. The number of benzene rings is 3. The van der Waals surface area contributed by atoms with Crippen LogP contribution in [0.15, 0.2) is 66.7 Å². The molecule has 5 heteroatoms. The van der Waals surface area contributed by atoms with Crippen LogP contribution in [-0.2, 0) is 17.6 Å². The van der Waals surface area contributed by atoms with Crippen molar-refractivity contribution in [2.75, 3.05) is 25.0 Å². The highest BCUT2D eigenvalue weighted by atomic mass is 35.5. The van der Waals surface area contributed by atoms with E-state index in [1.807, 2.05) is 44.2 Å². The molecule has 0 radical (unpaired) electrons. The Bertz CT molecular complexity index is 1230. The Morgan fingerprint density at radius 2 is 1.76 bits per heavy atom. The summed E-state index contributed by atoms with van der Waals surface area (Å²) < 4.78 is 6.54. The quantitative estimate of drug-likeness (QED) is 0.306. The molecule has 1 saturated heterocycles. The molecule has 1 amide bonds. The van der Waals surface area contributed by atoms with Gasteiger partial charge in [-0.25, -0.2) is 0 Å². The summed E-state index contributed by atoms with van der Waals surface area (Å²) in [5.41, 5.74) is 6.48. The molecule has 1 atom stereocenters. The fourth-order valence-corrected chi connectivity index (χ4v) is 5.84. The van der Waals surface area contributed by atoms with Gasteiger partial charge in [0.2, 0.25) is 5.91 Å². The zero-order chi connectivity index (χ0) is 26.5. The molecule has 2 aliphatic rings. The lowest BCUT2D eigenvalue weighted by molar-refractivity contribution is -0.118. The standard InChI is InChI=1S/C33H39ClN2O2/c1-23(2)33(37)35-30-8-4-7-27(22-30)25-15-18-36(19-16-25)20-17-32(38-31-13-11-29(34)12-14-31)28-10-9-24-5-3-6-26(24)21-28/h4,7-14,21-23,25,32H,3,5-6,15-20H2,1-2H3,(H,35,37). The minimum Gasteiger partial charge on any atom is -0.486 e. The van der Waals surface area contributed by atoms with Crippen LogP contribution in [0, 0.1) is 5.92 Å². The molecule has 1 fully saturated rings. The minimum absolute atomic E-state index is 0.0149. The van der Waals surface area contributed by atoms with Gasteiger partial charge in [0.15, 0.2) is 0 Å². The smallest absolute Gasteiger partial charge is 0.226 e. The van der Waals surface area contributed by atoms with Crippen LogP contribution in [0.25, 0.3) is 0 Å². The van der Waals surface area contributed by atoms with Crippen molar-refractivity contribution in [1.82, 2.24) is 4.90 Å². The zero-order valence-electron chi connectivity index (χ0n) is 22.6. The summed E-state index contributed by atoms with van der Waals surface area (Å²) in [6.45, 7) is 7.00. The van der Waals surface area contributed by atoms with Gasteiger partial charge in [0, 0.05) is 29.6 Å². The molecule has 38 heavy (non-hydrogen) atoms. The highest BCUT2D eigenvalue weighted by molar-refractivity contribution is 6.30. The van der Waals surface area contributed by atoms with Crippen molar-refractivity contribution >= 4 is 23.2 Å². The van der Waals surface area contributed by atoms with E-state index >= 15 is 0 Å². The maximum Gasteiger partial charge on any atom is 0.226 e. The highest BCUT2D eigenvalue weighted by Gasteiger charge is 2.24. The average Bonchev–Trinajstić information content (AvgIpc) is 3.40. The fourth-order valence-electron chi connectivity index (χ4n) is 5.71. The summed E-state index contributed by atoms with van der Waals surface area (Å²) >= 11 is 6.11. The Kier molecular flexibility index (Phi) is 8.71. The zero-order valence-corrected chi connectivity index (χ0v) is 23.3. The molecular weight excluding hydrogens is 492 g/mol. The number of fused-ring (bicyclic) bond motifs is 1. The first-order chi connectivity index (χ1) is 18.4. The Morgan fingerprint density at radius 1 is 1.00 bits per heavy atom. The number of rotatable bonds is 9. The van der Waals surface area contributed by atoms with Gasteiger partial charge < -0.3 is 15.0 Å². The number of piperidine rings is 1. The minimum atomic E-state index is -0.0220. The topological polar surface area (TPSA) is 41.6 Å². The second kappa shape index (κ2) is 12.4. The van der Waals surface area contributed by atoms with E-state index in [2.05, 4.69) is 46.6 Å². The van der Waals surface area contributed by atoms with Gasteiger partial charge in [-0.1, -0.05) is 55.8 Å². The molecule has 3 aromatic rings. The Labute approximate surface area is 232 Å². The third-order valence-corrected chi connectivity index (χ3v) is 8.28. The number of hydrogen-bond acceptors (Lipinski definition) is 3. The number of aryl methyl sites for hydroxylation is 2. The molecule has 3 aromatic carbocycles. The Hall–Kier alpha value is -2.82. The van der Waals surface area contributed by atoms with E-state index in [0.29, 0.717) is 5.92 Å². The normalized spacial score (nSPS) is 16.8. The SMILES string of the molecule is CC(C)C(=O)Nc1cccc(C2CCN(CCC(Oc3ccc(Cl)cc3)c3ccc4c(c3)CCC4)CC2)c1. The van der Waals surface area contributed by atoms with E-state index in [9.17, 15) is 4.79 Å². The lowest BCUT2D eigenvalue weighted by Gasteiger charge is -2.33. The number of halogens is 1. The van der Waals surface area contributed by atoms with Gasteiger partial charge in [0.05, 0.1) is 0 Å². The molecule has 1 heterocycles. The number of carbonyl (C=O) groups excluding carboxylic acids is 1.